The molecule has 2 radical (unpaired) electrons. The molecule has 3 amide bonds. The van der Waals surface area contributed by atoms with Crippen LogP contribution in [0.3, 0.4) is 0 Å². The Balaban J connectivity index is 0.000000824. The van der Waals surface area contributed by atoms with Crippen molar-refractivity contribution in [1.82, 2.24) is 16.0 Å². The van der Waals surface area contributed by atoms with Gasteiger partial charge in [0.05, 0.1) is 7.11 Å². The van der Waals surface area contributed by atoms with Crippen LogP contribution in [-0.2, 0) is 68.0 Å². The Bertz CT molecular complexity index is 1980. The van der Waals surface area contributed by atoms with Crippen LogP contribution in [0.1, 0.15) is 63.8 Å². The van der Waals surface area contributed by atoms with E-state index in [4.69, 9.17) is 14.2 Å². The minimum atomic E-state index is -10.7. The van der Waals surface area contributed by atoms with Gasteiger partial charge in [-0.05, 0) is 72.7 Å². The predicted molar refractivity (Wildman–Crippen MR) is 214 cm³/mol. The fourth-order valence-corrected chi connectivity index (χ4v) is 5.48. The second-order valence-electron chi connectivity index (χ2n) is 15.7. The molecule has 4 bridgehead atoms. The number of fused-ring (bicyclic) bond motifs is 10. The molecule has 0 spiro atoms. The van der Waals surface area contributed by atoms with Crippen molar-refractivity contribution in [2.75, 3.05) is 7.11 Å². The van der Waals surface area contributed by atoms with Crippen LogP contribution in [0.25, 0.3) is 0 Å². The Morgan fingerprint density at radius 2 is 1.35 bits per heavy atom. The van der Waals surface area contributed by atoms with E-state index in [1.54, 1.807) is 51.1 Å². The Hall–Kier alpha value is -4.75. The Morgan fingerprint density at radius 3 is 1.85 bits per heavy atom. The number of methoxy groups -OCH3 is 1. The van der Waals surface area contributed by atoms with Gasteiger partial charge in [0.2, 0.25) is 11.8 Å². The molecule has 60 heavy (non-hydrogen) atoms. The standard InChI is InChI=1S/C37H45N3O7.C5H5.F6P.Ru/c1-36(2,3)26-15-11-23(12-16-26)20-29-32(41)39-31(34(43)45-7)22-25-9-8-10-28(19-25)46-27-17-13-24(14-18-27)21-30(33(42)38-29)40-35(44)47-37(4,5)6;1-2-4-5-3-1;1-7(2,3,4,5)6;/h8-19,29-31H,20-22H2,1-7H3,(H,38,42)(H,39,41)(H,40,44);1-5H;;/q;;-1;+1/t29-,30-,31-;;;/m0.../s1. The normalized spacial score (nSPS) is 19.1. The van der Waals surface area contributed by atoms with Gasteiger partial charge in [-0.25, -0.2) is 9.59 Å². The zero-order chi connectivity index (χ0) is 44.3. The molecule has 3 aromatic rings. The molecule has 0 aromatic heterocycles. The average Bonchev–Trinajstić information content (AvgIpc) is 3.69. The number of hydrogen-bond donors (Lipinski definition) is 3. The maximum absolute atomic E-state index is 13.9. The van der Waals surface area contributed by atoms with Gasteiger partial charge in [0.15, 0.2) is 0 Å². The number of esters is 1. The number of halogens is 6. The summed E-state index contributed by atoms with van der Waals surface area (Å²) < 4.78 is 75.7. The van der Waals surface area contributed by atoms with Crippen molar-refractivity contribution in [3.63, 3.8) is 0 Å². The van der Waals surface area contributed by atoms with E-state index < -0.39 is 55.4 Å². The summed E-state index contributed by atoms with van der Waals surface area (Å²) in [5.41, 5.74) is 2.54. The third-order valence-electron chi connectivity index (χ3n) is 8.20. The van der Waals surface area contributed by atoms with Crippen LogP contribution in [0.4, 0.5) is 30.0 Å². The molecule has 0 saturated carbocycles. The van der Waals surface area contributed by atoms with Crippen molar-refractivity contribution in [2.24, 2.45) is 0 Å². The van der Waals surface area contributed by atoms with Crippen LogP contribution >= 0.6 is 7.81 Å². The average molecular weight is 955 g/mol. The maximum Gasteiger partial charge on any atom is 1.00 e. The van der Waals surface area contributed by atoms with Crippen LogP contribution in [0.2, 0.25) is 0 Å². The SMILES string of the molecule is COC(=O)[C@@H]1Cc2cccc(c2)Oc2ccc(cc2)C[C@H](NC(=O)OC(C)(C)C)C(=O)N[C@@H](Cc2ccc(C(C)(C)C)cc2)C(=O)N1.F[P-](F)(F)(F)(F)F.[CH]1C=CC=C1.[Ru+]. The van der Waals surface area contributed by atoms with Crippen molar-refractivity contribution in [3.8, 4) is 11.5 Å². The van der Waals surface area contributed by atoms with E-state index in [0.717, 1.165) is 22.3 Å². The zero-order valence-corrected chi connectivity index (χ0v) is 36.7. The van der Waals surface area contributed by atoms with Gasteiger partial charge in [-0.15, -0.1) is 0 Å². The summed E-state index contributed by atoms with van der Waals surface area (Å²) in [4.78, 5) is 53.6. The van der Waals surface area contributed by atoms with Gasteiger partial charge in [-0.3, -0.25) is 9.59 Å². The number of hydrogen-bond acceptors (Lipinski definition) is 7. The fourth-order valence-electron chi connectivity index (χ4n) is 5.48. The van der Waals surface area contributed by atoms with Gasteiger partial charge in [0.1, 0.15) is 35.2 Å². The molecule has 6 rings (SSSR count). The molecular weight excluding hydrogens is 905 g/mol. The molecule has 1 aliphatic carbocycles. The molecule has 0 saturated heterocycles. The molecule has 3 atom stereocenters. The molecule has 18 heteroatoms. The van der Waals surface area contributed by atoms with Gasteiger partial charge in [0.25, 0.3) is 0 Å². The van der Waals surface area contributed by atoms with Gasteiger partial charge >= 0.3 is 64.5 Å². The molecule has 3 aliphatic rings. The monoisotopic (exact) mass is 955 g/mol. The number of rotatable bonds is 4. The summed E-state index contributed by atoms with van der Waals surface area (Å²) in [6.07, 6.45) is 9.60. The topological polar surface area (TPSA) is 132 Å². The van der Waals surface area contributed by atoms with E-state index in [0.29, 0.717) is 11.5 Å². The number of alkyl carbamates (subject to hydrolysis) is 1. The van der Waals surface area contributed by atoms with Crippen LogP contribution < -0.4 is 20.7 Å². The number of nitrogens with one attached hydrogen (secondary N) is 3. The first-order valence-electron chi connectivity index (χ1n) is 18.4. The first-order valence-corrected chi connectivity index (χ1v) is 20.4. The third-order valence-corrected chi connectivity index (χ3v) is 8.20. The van der Waals surface area contributed by atoms with Crippen molar-refractivity contribution in [3.05, 3.63) is 126 Å². The van der Waals surface area contributed by atoms with E-state index in [2.05, 4.69) is 36.7 Å². The van der Waals surface area contributed by atoms with E-state index >= 15 is 0 Å². The van der Waals surface area contributed by atoms with Gasteiger partial charge in [-0.1, -0.05) is 93.6 Å². The minimum Gasteiger partial charge on any atom is -0.0767 e. The second-order valence-corrected chi connectivity index (χ2v) is 17.6. The number of carbonyl (C=O) groups excluding carboxylic acids is 4. The van der Waals surface area contributed by atoms with Crippen molar-refractivity contribution in [1.29, 1.82) is 0 Å². The Kier molecular flexibility index (Phi) is 17.3. The molecule has 2 aliphatic heterocycles. The van der Waals surface area contributed by atoms with E-state index in [1.807, 2.05) is 73.2 Å². The van der Waals surface area contributed by atoms with Crippen molar-refractivity contribution in [2.45, 2.75) is 89.9 Å². The Morgan fingerprint density at radius 1 is 0.767 bits per heavy atom. The second kappa shape index (κ2) is 20.2. The van der Waals surface area contributed by atoms with Crippen LogP contribution in [-0.4, -0.2) is 54.7 Å². The molecule has 3 aromatic carbocycles. The molecule has 330 valence electrons. The third kappa shape index (κ3) is 21.0. The molecule has 0 unspecified atom stereocenters. The first-order chi connectivity index (χ1) is 27.0. The molecule has 0 fully saturated rings. The van der Waals surface area contributed by atoms with E-state index in [-0.39, 0.29) is 44.2 Å². The summed E-state index contributed by atoms with van der Waals surface area (Å²) in [5, 5.41) is 8.32. The quantitative estimate of drug-likeness (QED) is 0.103. The summed E-state index contributed by atoms with van der Waals surface area (Å²) in [6, 6.07) is 19.0. The molecule has 10 nitrogen and oxygen atoms in total. The van der Waals surface area contributed by atoms with Gasteiger partial charge in [0, 0.05) is 25.7 Å². The van der Waals surface area contributed by atoms with Crippen molar-refractivity contribution < 1.29 is 78.0 Å². The molecule has 3 N–H and O–H groups in total. The number of amides is 3. The number of benzene rings is 3. The molecule has 2 heterocycles. The fraction of sp³-hybridized carbons (Fsp3) is 0.357. The van der Waals surface area contributed by atoms with E-state index in [1.165, 1.54) is 7.11 Å². The Labute approximate surface area is 358 Å². The summed E-state index contributed by atoms with van der Waals surface area (Å²) in [5.74, 6) is -0.695. The minimum absolute atomic E-state index is 0. The largest absolute Gasteiger partial charge is 1.00 e. The van der Waals surface area contributed by atoms with Crippen molar-refractivity contribution >= 4 is 31.7 Å². The smallest absolute Gasteiger partial charge is 0.0767 e. The number of ether oxygens (including phenoxy) is 3. The predicted octanol–water partition coefficient (Wildman–Crippen LogP) is 9.85. The van der Waals surface area contributed by atoms with Gasteiger partial charge in [-0.2, -0.15) is 0 Å². The first kappa shape index (κ1) is 51.4. The number of allylic oxidation sites excluding steroid dienone is 4. The van der Waals surface area contributed by atoms with Crippen LogP contribution in [0.15, 0.2) is 97.1 Å². The van der Waals surface area contributed by atoms with Gasteiger partial charge < -0.3 is 30.2 Å². The maximum atomic E-state index is 13.9. The number of carbonyl (C=O) groups is 4. The zero-order valence-electron chi connectivity index (χ0n) is 34.1. The van der Waals surface area contributed by atoms with Crippen LogP contribution in [0.5, 0.6) is 11.5 Å². The summed E-state index contributed by atoms with van der Waals surface area (Å²) >= 11 is 0. The van der Waals surface area contributed by atoms with E-state index in [9.17, 15) is 44.4 Å². The summed E-state index contributed by atoms with van der Waals surface area (Å²) in [6.45, 7) is 11.5. The van der Waals surface area contributed by atoms with Crippen LogP contribution in [0, 0.1) is 6.42 Å². The molecular formula is C42H50F6N3O7PRu. The summed E-state index contributed by atoms with van der Waals surface area (Å²) in [7, 11) is -9.40.